The summed E-state index contributed by atoms with van der Waals surface area (Å²) >= 11 is 0. The lowest BCUT2D eigenvalue weighted by Crippen LogP contribution is -2.47. The van der Waals surface area contributed by atoms with Crippen molar-refractivity contribution >= 4 is 27.7 Å². The molecule has 11 nitrogen and oxygen atoms in total. The van der Waals surface area contributed by atoms with E-state index in [9.17, 15) is 18.0 Å². The quantitative estimate of drug-likeness (QED) is 0.363. The second-order valence-electron chi connectivity index (χ2n) is 11.4. The molecular formula is C32H41N5O6S. The van der Waals surface area contributed by atoms with Crippen LogP contribution in [-0.4, -0.2) is 111 Å². The van der Waals surface area contributed by atoms with Gasteiger partial charge in [0.05, 0.1) is 18.5 Å². The Labute approximate surface area is 259 Å². The normalized spacial score (nSPS) is 17.3. The highest BCUT2D eigenvalue weighted by Crippen LogP contribution is 2.28. The van der Waals surface area contributed by atoms with E-state index < -0.39 is 16.1 Å². The third kappa shape index (κ3) is 8.47. The highest BCUT2D eigenvalue weighted by molar-refractivity contribution is 7.88. The number of ether oxygens (including phenoxy) is 1. The number of piperazine rings is 1. The van der Waals surface area contributed by atoms with Gasteiger partial charge in [-0.05, 0) is 36.6 Å². The average Bonchev–Trinajstić information content (AvgIpc) is 3.49. The van der Waals surface area contributed by atoms with Crippen LogP contribution in [0.5, 0.6) is 0 Å². The predicted octanol–water partition coefficient (Wildman–Crippen LogP) is 3.81. The van der Waals surface area contributed by atoms with Crippen LogP contribution >= 0.6 is 0 Å². The van der Waals surface area contributed by atoms with Crippen LogP contribution in [-0.2, 0) is 21.3 Å². The monoisotopic (exact) mass is 623 g/mol. The lowest BCUT2D eigenvalue weighted by Gasteiger charge is -2.32. The number of anilines is 1. The molecule has 2 saturated heterocycles. The van der Waals surface area contributed by atoms with Crippen LogP contribution < -0.4 is 5.32 Å². The number of piperidine rings is 1. The van der Waals surface area contributed by atoms with Gasteiger partial charge in [0.15, 0.2) is 5.76 Å². The second kappa shape index (κ2) is 14.4. The summed E-state index contributed by atoms with van der Waals surface area (Å²) in [6, 6.07) is 21.1. The highest BCUT2D eigenvalue weighted by atomic mass is 32.2. The maximum atomic E-state index is 13.0. The van der Waals surface area contributed by atoms with Gasteiger partial charge < -0.3 is 19.0 Å². The smallest absolute Gasteiger partial charge is 0.411 e. The van der Waals surface area contributed by atoms with E-state index in [0.717, 1.165) is 37.1 Å². The van der Waals surface area contributed by atoms with Gasteiger partial charge in [-0.25, -0.2) is 13.2 Å². The summed E-state index contributed by atoms with van der Waals surface area (Å²) in [7, 11) is -1.41. The fourth-order valence-corrected chi connectivity index (χ4v) is 6.43. The number of amides is 2. The number of para-hydroxylation sites is 1. The molecule has 12 heteroatoms. The Hall–Kier alpha value is -3.71. The summed E-state index contributed by atoms with van der Waals surface area (Å²) in [5, 5.41) is 2.91. The van der Waals surface area contributed by atoms with Crippen LogP contribution in [0.15, 0.2) is 71.1 Å². The summed E-state index contributed by atoms with van der Waals surface area (Å²) in [5.74, 6) is 0.803. The molecule has 44 heavy (non-hydrogen) atoms. The summed E-state index contributed by atoms with van der Waals surface area (Å²) in [6.07, 6.45) is 2.07. The molecule has 0 radical (unpaired) electrons. The Kier molecular flexibility index (Phi) is 10.4. The first kappa shape index (κ1) is 31.7. The van der Waals surface area contributed by atoms with Crippen molar-refractivity contribution in [3.63, 3.8) is 0 Å². The van der Waals surface area contributed by atoms with Crippen LogP contribution in [0.1, 0.15) is 29.2 Å². The molecule has 0 spiro atoms. The number of likely N-dealkylation sites (N-methyl/N-ethyl adjacent to an activating group) is 1. The number of nitrogens with zero attached hydrogens (tertiary/aromatic N) is 4. The van der Waals surface area contributed by atoms with Crippen molar-refractivity contribution in [2.45, 2.75) is 25.5 Å². The number of hydrogen-bond acceptors (Lipinski definition) is 8. The largest absolute Gasteiger partial charge is 0.455 e. The van der Waals surface area contributed by atoms with E-state index in [-0.39, 0.29) is 12.0 Å². The SMILES string of the molecule is CN(CCN1CCC(OC(=O)Nc2ccccc2-c2ccccc2)CC1)C(=O)c1ccc(CN2CCN(S(C)(=O)=O)CC2)o1. The molecule has 3 heterocycles. The Morgan fingerprint density at radius 1 is 0.909 bits per heavy atom. The number of likely N-dealkylation sites (tertiary alicyclic amines) is 1. The summed E-state index contributed by atoms with van der Waals surface area (Å²) in [4.78, 5) is 31.7. The number of carbonyl (C=O) groups excluding carboxylic acids is 2. The lowest BCUT2D eigenvalue weighted by molar-refractivity contribution is 0.0533. The number of rotatable bonds is 10. The number of benzene rings is 2. The summed E-state index contributed by atoms with van der Waals surface area (Å²) < 4.78 is 36.5. The van der Waals surface area contributed by atoms with Crippen molar-refractivity contribution in [3.8, 4) is 11.1 Å². The molecule has 1 aromatic heterocycles. The molecule has 2 aromatic carbocycles. The van der Waals surface area contributed by atoms with Crippen LogP contribution in [0.4, 0.5) is 10.5 Å². The van der Waals surface area contributed by atoms with Crippen LogP contribution in [0, 0.1) is 0 Å². The van der Waals surface area contributed by atoms with Gasteiger partial charge in [0, 0.05) is 65.0 Å². The van der Waals surface area contributed by atoms with E-state index in [4.69, 9.17) is 9.15 Å². The minimum atomic E-state index is -3.17. The van der Waals surface area contributed by atoms with Crippen molar-refractivity contribution in [3.05, 3.63) is 78.3 Å². The lowest BCUT2D eigenvalue weighted by atomic mass is 10.0. The molecule has 5 rings (SSSR count). The van der Waals surface area contributed by atoms with Crippen molar-refractivity contribution in [2.75, 3.05) is 71.0 Å². The van der Waals surface area contributed by atoms with E-state index in [0.29, 0.717) is 63.0 Å². The first-order valence-corrected chi connectivity index (χ1v) is 16.9. The zero-order valence-corrected chi connectivity index (χ0v) is 26.2. The molecule has 2 amide bonds. The number of hydrogen-bond donors (Lipinski definition) is 1. The summed E-state index contributed by atoms with van der Waals surface area (Å²) in [5.41, 5.74) is 2.68. The first-order chi connectivity index (χ1) is 21.2. The van der Waals surface area contributed by atoms with Crippen molar-refractivity contribution < 1.29 is 27.2 Å². The van der Waals surface area contributed by atoms with E-state index in [2.05, 4.69) is 15.1 Å². The molecule has 2 aliphatic heterocycles. The zero-order valence-electron chi connectivity index (χ0n) is 25.4. The molecule has 2 aliphatic rings. The highest BCUT2D eigenvalue weighted by Gasteiger charge is 2.26. The minimum absolute atomic E-state index is 0.162. The fraction of sp³-hybridized carbons (Fsp3) is 0.438. The van der Waals surface area contributed by atoms with Crippen molar-refractivity contribution in [1.82, 2.24) is 19.0 Å². The third-order valence-electron chi connectivity index (χ3n) is 8.21. The van der Waals surface area contributed by atoms with Gasteiger partial charge >= 0.3 is 6.09 Å². The van der Waals surface area contributed by atoms with E-state index in [1.807, 2.05) is 60.7 Å². The Morgan fingerprint density at radius 3 is 2.30 bits per heavy atom. The maximum Gasteiger partial charge on any atom is 0.411 e. The van der Waals surface area contributed by atoms with Gasteiger partial charge in [-0.1, -0.05) is 48.5 Å². The number of sulfonamides is 1. The number of carbonyl (C=O) groups is 2. The molecule has 0 bridgehead atoms. The van der Waals surface area contributed by atoms with Gasteiger partial charge in [-0.2, -0.15) is 4.31 Å². The van der Waals surface area contributed by atoms with Gasteiger partial charge in [-0.3, -0.25) is 15.0 Å². The van der Waals surface area contributed by atoms with E-state index in [1.165, 1.54) is 10.6 Å². The topological polar surface area (TPSA) is 116 Å². The molecular weight excluding hydrogens is 582 g/mol. The van der Waals surface area contributed by atoms with Gasteiger partial charge in [0.1, 0.15) is 11.9 Å². The molecule has 2 fully saturated rings. The van der Waals surface area contributed by atoms with Crippen LogP contribution in [0.2, 0.25) is 0 Å². The zero-order chi connectivity index (χ0) is 31.1. The molecule has 3 aromatic rings. The number of furan rings is 1. The first-order valence-electron chi connectivity index (χ1n) is 15.0. The fourth-order valence-electron chi connectivity index (χ4n) is 5.60. The van der Waals surface area contributed by atoms with Crippen molar-refractivity contribution in [2.24, 2.45) is 0 Å². The van der Waals surface area contributed by atoms with E-state index >= 15 is 0 Å². The molecule has 1 N–H and O–H groups in total. The molecule has 0 aliphatic carbocycles. The summed E-state index contributed by atoms with van der Waals surface area (Å²) in [6.45, 7) is 5.48. The van der Waals surface area contributed by atoms with Gasteiger partial charge in [0.2, 0.25) is 10.0 Å². The number of nitrogens with one attached hydrogen (secondary N) is 1. The molecule has 0 unspecified atom stereocenters. The average molecular weight is 624 g/mol. The predicted molar refractivity (Wildman–Crippen MR) is 169 cm³/mol. The third-order valence-corrected chi connectivity index (χ3v) is 9.51. The molecule has 0 saturated carbocycles. The van der Waals surface area contributed by atoms with Crippen LogP contribution in [0.3, 0.4) is 0 Å². The van der Waals surface area contributed by atoms with Crippen LogP contribution in [0.25, 0.3) is 11.1 Å². The maximum absolute atomic E-state index is 13.0. The Bertz CT molecular complexity index is 1510. The Balaban J connectivity index is 1.02. The standard InChI is InChI=1S/C32H41N5O6S/c1-34(31(38)30-13-12-27(42-30)24-36-20-22-37(23-21-36)44(2,40)41)18-19-35-16-14-26(15-17-35)43-32(39)33-29-11-7-6-10-28(29)25-8-4-3-5-9-25/h3-13,26H,14-24H2,1-2H3,(H,33,39). The molecule has 0 atom stereocenters. The second-order valence-corrected chi connectivity index (χ2v) is 13.4. The van der Waals surface area contributed by atoms with Gasteiger partial charge in [-0.15, -0.1) is 0 Å². The van der Waals surface area contributed by atoms with Gasteiger partial charge in [0.25, 0.3) is 5.91 Å². The molecule has 236 valence electrons. The van der Waals surface area contributed by atoms with Crippen molar-refractivity contribution in [1.29, 1.82) is 0 Å². The minimum Gasteiger partial charge on any atom is -0.455 e. The van der Waals surface area contributed by atoms with E-state index in [1.54, 1.807) is 18.0 Å². The Morgan fingerprint density at radius 2 is 1.59 bits per heavy atom.